The summed E-state index contributed by atoms with van der Waals surface area (Å²) in [4.78, 5) is 16.4. The normalized spacial score (nSPS) is 17.5. The van der Waals surface area contributed by atoms with Gasteiger partial charge in [-0.3, -0.25) is 4.79 Å². The molecule has 0 unspecified atom stereocenters. The van der Waals surface area contributed by atoms with E-state index >= 15 is 0 Å². The van der Waals surface area contributed by atoms with Crippen molar-refractivity contribution in [3.63, 3.8) is 0 Å². The Morgan fingerprint density at radius 2 is 2.38 bits per heavy atom. The summed E-state index contributed by atoms with van der Waals surface area (Å²) in [5, 5.41) is 10.8. The highest BCUT2D eigenvalue weighted by Crippen LogP contribution is 2.13. The van der Waals surface area contributed by atoms with Crippen molar-refractivity contribution in [1.82, 2.24) is 29.9 Å². The van der Waals surface area contributed by atoms with Gasteiger partial charge in [0.1, 0.15) is 0 Å². The Hall–Kier alpha value is -2.22. The molecular weight excluding hydrogens is 308 g/mol. The highest BCUT2D eigenvalue weighted by Gasteiger charge is 2.18. The number of nitrogens with zero attached hydrogens (tertiary/aromatic N) is 5. The first-order chi connectivity index (χ1) is 11.6. The molecule has 3 rings (SSSR count). The highest BCUT2D eigenvalue weighted by molar-refractivity contribution is 5.91. The molecular formula is C16H24N6O2. The lowest BCUT2D eigenvalue weighted by atomic mass is 10.2. The van der Waals surface area contributed by atoms with Crippen LogP contribution in [0.15, 0.2) is 18.7 Å². The quantitative estimate of drug-likeness (QED) is 0.824. The third-order valence-electron chi connectivity index (χ3n) is 3.98. The Balaban J connectivity index is 1.53. The number of amides is 1. The van der Waals surface area contributed by atoms with Gasteiger partial charge < -0.3 is 14.6 Å². The molecule has 1 amide bonds. The lowest BCUT2D eigenvalue weighted by molar-refractivity contribution is 0.0929. The zero-order chi connectivity index (χ0) is 16.9. The molecule has 2 aromatic rings. The fraction of sp³-hybridized carbons (Fsp3) is 0.625. The minimum Gasteiger partial charge on any atom is -0.376 e. The van der Waals surface area contributed by atoms with Crippen molar-refractivity contribution in [2.45, 2.75) is 52.4 Å². The summed E-state index contributed by atoms with van der Waals surface area (Å²) in [5.41, 5.74) is 1.30. The van der Waals surface area contributed by atoms with E-state index < -0.39 is 0 Å². The van der Waals surface area contributed by atoms with Gasteiger partial charge in [-0.1, -0.05) is 19.1 Å². The van der Waals surface area contributed by atoms with E-state index in [0.717, 1.165) is 31.7 Å². The van der Waals surface area contributed by atoms with Crippen molar-refractivity contribution in [2.24, 2.45) is 5.92 Å². The monoisotopic (exact) mass is 332 g/mol. The molecule has 0 radical (unpaired) electrons. The van der Waals surface area contributed by atoms with Crippen LogP contribution in [0.5, 0.6) is 0 Å². The number of rotatable bonds is 7. The maximum atomic E-state index is 12.2. The molecule has 8 nitrogen and oxygen atoms in total. The van der Waals surface area contributed by atoms with Crippen LogP contribution < -0.4 is 5.32 Å². The number of nitrogens with one attached hydrogen (secondary N) is 1. The second-order valence-electron chi connectivity index (χ2n) is 6.57. The van der Waals surface area contributed by atoms with E-state index in [1.165, 1.54) is 0 Å². The zero-order valence-corrected chi connectivity index (χ0v) is 14.2. The van der Waals surface area contributed by atoms with Crippen molar-refractivity contribution in [3.8, 4) is 0 Å². The van der Waals surface area contributed by atoms with E-state index in [1.54, 1.807) is 23.4 Å². The first-order valence-corrected chi connectivity index (χ1v) is 8.40. The zero-order valence-electron chi connectivity index (χ0n) is 14.2. The topological polar surface area (TPSA) is 86.9 Å². The van der Waals surface area contributed by atoms with Gasteiger partial charge >= 0.3 is 0 Å². The van der Waals surface area contributed by atoms with Crippen LogP contribution in [0.1, 0.15) is 42.9 Å². The number of imidazole rings is 1. The van der Waals surface area contributed by atoms with Crippen LogP contribution in [0.25, 0.3) is 0 Å². The fourth-order valence-corrected chi connectivity index (χ4v) is 2.80. The van der Waals surface area contributed by atoms with Gasteiger partial charge in [-0.25, -0.2) is 9.67 Å². The van der Waals surface area contributed by atoms with Crippen LogP contribution in [0.3, 0.4) is 0 Å². The average molecular weight is 332 g/mol. The Bertz CT molecular complexity index is 672. The molecule has 1 saturated heterocycles. The standard InChI is InChI=1S/C16H24N6O2/c1-12(2)8-21-11-17-6-13(21)7-18-16(23)15-10-22(20-19-15)9-14-4-3-5-24-14/h6,10-12,14H,3-5,7-9H2,1-2H3,(H,18,23)/t14-/m1/s1. The average Bonchev–Trinajstić information content (AvgIpc) is 3.27. The lowest BCUT2D eigenvalue weighted by Crippen LogP contribution is -2.25. The van der Waals surface area contributed by atoms with Gasteiger partial charge in [0, 0.05) is 19.3 Å². The van der Waals surface area contributed by atoms with Crippen molar-refractivity contribution in [2.75, 3.05) is 6.61 Å². The van der Waals surface area contributed by atoms with Crippen LogP contribution in [0.4, 0.5) is 0 Å². The van der Waals surface area contributed by atoms with Gasteiger partial charge in [-0.05, 0) is 18.8 Å². The number of hydrogen-bond donors (Lipinski definition) is 1. The van der Waals surface area contributed by atoms with Crippen LogP contribution in [0, 0.1) is 5.92 Å². The van der Waals surface area contributed by atoms with E-state index in [1.807, 2.05) is 0 Å². The molecule has 0 spiro atoms. The number of hydrogen-bond acceptors (Lipinski definition) is 5. The van der Waals surface area contributed by atoms with E-state index in [2.05, 4.69) is 39.0 Å². The molecule has 130 valence electrons. The second-order valence-corrected chi connectivity index (χ2v) is 6.57. The Morgan fingerprint density at radius 3 is 3.12 bits per heavy atom. The van der Waals surface area contributed by atoms with Crippen molar-refractivity contribution in [3.05, 3.63) is 30.1 Å². The van der Waals surface area contributed by atoms with E-state index in [4.69, 9.17) is 4.74 Å². The van der Waals surface area contributed by atoms with Crippen LogP contribution in [0.2, 0.25) is 0 Å². The van der Waals surface area contributed by atoms with E-state index in [0.29, 0.717) is 24.7 Å². The van der Waals surface area contributed by atoms with Gasteiger partial charge in [0.05, 0.1) is 37.4 Å². The lowest BCUT2D eigenvalue weighted by Gasteiger charge is -2.10. The SMILES string of the molecule is CC(C)Cn1cncc1CNC(=O)c1cn(C[C@H]2CCCO2)nn1. The maximum absolute atomic E-state index is 12.2. The molecule has 1 fully saturated rings. The first kappa shape index (κ1) is 16.6. The van der Waals surface area contributed by atoms with Gasteiger partial charge in [-0.2, -0.15) is 0 Å². The molecule has 1 aliphatic heterocycles. The molecule has 0 bridgehead atoms. The largest absolute Gasteiger partial charge is 0.376 e. The summed E-state index contributed by atoms with van der Waals surface area (Å²) in [5.74, 6) is 0.289. The molecule has 1 atom stereocenters. The molecule has 3 heterocycles. The number of ether oxygens (including phenoxy) is 1. The molecule has 1 aliphatic rings. The van der Waals surface area contributed by atoms with Crippen molar-refractivity contribution < 1.29 is 9.53 Å². The number of aromatic nitrogens is 5. The van der Waals surface area contributed by atoms with Crippen molar-refractivity contribution in [1.29, 1.82) is 0 Å². The van der Waals surface area contributed by atoms with Crippen molar-refractivity contribution >= 4 is 5.91 Å². The summed E-state index contributed by atoms with van der Waals surface area (Å²) in [7, 11) is 0. The molecule has 1 N–H and O–H groups in total. The third-order valence-corrected chi connectivity index (χ3v) is 3.98. The van der Waals surface area contributed by atoms with Gasteiger partial charge in [0.25, 0.3) is 5.91 Å². The van der Waals surface area contributed by atoms with E-state index in [-0.39, 0.29) is 12.0 Å². The first-order valence-electron chi connectivity index (χ1n) is 8.40. The number of carbonyl (C=O) groups is 1. The predicted molar refractivity (Wildman–Crippen MR) is 87.2 cm³/mol. The molecule has 2 aromatic heterocycles. The Labute approximate surface area is 141 Å². The minimum atomic E-state index is -0.231. The Kier molecular flexibility index (Phi) is 5.24. The summed E-state index contributed by atoms with van der Waals surface area (Å²) in [6, 6.07) is 0. The molecule has 0 aromatic carbocycles. The molecule has 0 aliphatic carbocycles. The van der Waals surface area contributed by atoms with Gasteiger partial charge in [0.15, 0.2) is 5.69 Å². The maximum Gasteiger partial charge on any atom is 0.273 e. The summed E-state index contributed by atoms with van der Waals surface area (Å²) in [6.45, 7) is 7.04. The third kappa shape index (κ3) is 4.19. The highest BCUT2D eigenvalue weighted by atomic mass is 16.5. The minimum absolute atomic E-state index is 0.174. The van der Waals surface area contributed by atoms with E-state index in [9.17, 15) is 4.79 Å². The van der Waals surface area contributed by atoms with Crippen LogP contribution in [-0.2, 0) is 24.4 Å². The predicted octanol–water partition coefficient (Wildman–Crippen LogP) is 1.24. The van der Waals surface area contributed by atoms with Crippen LogP contribution in [-0.4, -0.2) is 43.2 Å². The Morgan fingerprint density at radius 1 is 1.50 bits per heavy atom. The molecule has 24 heavy (non-hydrogen) atoms. The fourth-order valence-electron chi connectivity index (χ4n) is 2.80. The second kappa shape index (κ2) is 7.57. The number of carbonyl (C=O) groups excluding carboxylic acids is 1. The smallest absolute Gasteiger partial charge is 0.273 e. The van der Waals surface area contributed by atoms with Gasteiger partial charge in [-0.15, -0.1) is 5.10 Å². The van der Waals surface area contributed by atoms with Gasteiger partial charge in [0.2, 0.25) is 0 Å². The summed E-state index contributed by atoms with van der Waals surface area (Å²) < 4.78 is 9.30. The summed E-state index contributed by atoms with van der Waals surface area (Å²) >= 11 is 0. The van der Waals surface area contributed by atoms with Crippen LogP contribution >= 0.6 is 0 Å². The molecule has 8 heteroatoms. The molecule has 0 saturated carbocycles. The summed E-state index contributed by atoms with van der Waals surface area (Å²) in [6.07, 6.45) is 7.52.